The molecule has 0 aliphatic rings. The van der Waals surface area contributed by atoms with Gasteiger partial charge < -0.3 is 10.3 Å². The molecule has 6 nitrogen and oxygen atoms in total. The summed E-state index contributed by atoms with van der Waals surface area (Å²) in [7, 11) is 0. The molecule has 2 N–H and O–H groups in total. The molecule has 2 rings (SSSR count). The molecule has 0 fully saturated rings. The predicted octanol–water partition coefficient (Wildman–Crippen LogP) is 1.49. The zero-order valence-corrected chi connectivity index (χ0v) is 11.5. The van der Waals surface area contributed by atoms with Gasteiger partial charge in [0, 0.05) is 18.1 Å². The molecule has 19 heavy (non-hydrogen) atoms. The third-order valence-electron chi connectivity index (χ3n) is 2.86. The summed E-state index contributed by atoms with van der Waals surface area (Å²) in [6.45, 7) is 6.13. The molecule has 2 heterocycles. The summed E-state index contributed by atoms with van der Waals surface area (Å²) in [5.74, 6) is 0.731. The van der Waals surface area contributed by atoms with Crippen LogP contribution in [0.25, 0.3) is 0 Å². The van der Waals surface area contributed by atoms with Crippen LogP contribution in [-0.4, -0.2) is 25.7 Å². The maximum absolute atomic E-state index is 12.0. The molecule has 0 saturated heterocycles. The molecule has 0 aliphatic heterocycles. The van der Waals surface area contributed by atoms with Crippen LogP contribution < -0.4 is 5.32 Å². The second-order valence-electron chi connectivity index (χ2n) is 4.70. The third-order valence-corrected chi connectivity index (χ3v) is 2.86. The normalized spacial score (nSPS) is 12.4. The SMILES string of the molecule is CC[C@H](NC(=O)Cn1cc(C)cn1)c1ncc(C)[nH]1. The Labute approximate surface area is 112 Å². The highest BCUT2D eigenvalue weighted by Crippen LogP contribution is 2.12. The molecule has 0 spiro atoms. The van der Waals surface area contributed by atoms with Crippen LogP contribution in [0.2, 0.25) is 0 Å². The van der Waals surface area contributed by atoms with Gasteiger partial charge in [-0.05, 0) is 25.8 Å². The molecule has 2 aromatic heterocycles. The molecule has 0 unspecified atom stereocenters. The topological polar surface area (TPSA) is 75.6 Å². The Bertz CT molecular complexity index is 557. The highest BCUT2D eigenvalue weighted by atomic mass is 16.2. The Balaban J connectivity index is 1.96. The van der Waals surface area contributed by atoms with Gasteiger partial charge in [0.15, 0.2) is 0 Å². The maximum Gasteiger partial charge on any atom is 0.242 e. The molecule has 0 bridgehead atoms. The summed E-state index contributed by atoms with van der Waals surface area (Å²) in [5.41, 5.74) is 2.03. The molecular weight excluding hydrogens is 242 g/mol. The molecule has 0 aromatic carbocycles. The first-order valence-electron chi connectivity index (χ1n) is 6.38. The lowest BCUT2D eigenvalue weighted by atomic mass is 10.2. The van der Waals surface area contributed by atoms with Gasteiger partial charge in [-0.1, -0.05) is 6.92 Å². The summed E-state index contributed by atoms with van der Waals surface area (Å²) < 4.78 is 1.63. The molecule has 2 aromatic rings. The van der Waals surface area contributed by atoms with Crippen molar-refractivity contribution < 1.29 is 4.79 Å². The van der Waals surface area contributed by atoms with E-state index in [2.05, 4.69) is 20.4 Å². The zero-order valence-electron chi connectivity index (χ0n) is 11.5. The molecule has 102 valence electrons. The van der Waals surface area contributed by atoms with Gasteiger partial charge in [0.25, 0.3) is 0 Å². The van der Waals surface area contributed by atoms with Crippen molar-refractivity contribution in [3.05, 3.63) is 35.7 Å². The lowest BCUT2D eigenvalue weighted by molar-refractivity contribution is -0.122. The monoisotopic (exact) mass is 261 g/mol. The summed E-state index contributed by atoms with van der Waals surface area (Å²) >= 11 is 0. The number of aromatic nitrogens is 4. The summed E-state index contributed by atoms with van der Waals surface area (Å²) in [5, 5.41) is 7.06. The van der Waals surface area contributed by atoms with E-state index in [1.807, 2.05) is 27.0 Å². The summed E-state index contributed by atoms with van der Waals surface area (Å²) in [6, 6.07) is -0.0853. The van der Waals surface area contributed by atoms with Crippen LogP contribution >= 0.6 is 0 Å². The minimum Gasteiger partial charge on any atom is -0.345 e. The van der Waals surface area contributed by atoms with Gasteiger partial charge >= 0.3 is 0 Å². The van der Waals surface area contributed by atoms with Gasteiger partial charge in [-0.15, -0.1) is 0 Å². The Morgan fingerprint density at radius 2 is 2.26 bits per heavy atom. The molecule has 1 amide bonds. The van der Waals surface area contributed by atoms with E-state index in [0.717, 1.165) is 23.5 Å². The summed E-state index contributed by atoms with van der Waals surface area (Å²) in [4.78, 5) is 19.4. The fraction of sp³-hybridized carbons (Fsp3) is 0.462. The van der Waals surface area contributed by atoms with Crippen molar-refractivity contribution in [3.63, 3.8) is 0 Å². The standard InChI is InChI=1S/C13H19N5O/c1-4-11(13-14-6-10(3)16-13)17-12(19)8-18-7-9(2)5-15-18/h5-7,11H,4,8H2,1-3H3,(H,14,16)(H,17,19)/t11-/m0/s1. The molecule has 0 saturated carbocycles. The zero-order chi connectivity index (χ0) is 13.8. The van der Waals surface area contributed by atoms with Crippen LogP contribution in [0.3, 0.4) is 0 Å². The van der Waals surface area contributed by atoms with E-state index in [0.29, 0.717) is 0 Å². The maximum atomic E-state index is 12.0. The summed E-state index contributed by atoms with van der Waals surface area (Å²) in [6.07, 6.45) is 6.13. The van der Waals surface area contributed by atoms with Crippen LogP contribution in [0.5, 0.6) is 0 Å². The second-order valence-corrected chi connectivity index (χ2v) is 4.70. The Kier molecular flexibility index (Phi) is 3.99. The lowest BCUT2D eigenvalue weighted by Crippen LogP contribution is -2.32. The fourth-order valence-electron chi connectivity index (χ4n) is 1.91. The average molecular weight is 261 g/mol. The van der Waals surface area contributed by atoms with Crippen molar-refractivity contribution in [2.24, 2.45) is 0 Å². The van der Waals surface area contributed by atoms with Gasteiger partial charge in [-0.2, -0.15) is 5.10 Å². The first kappa shape index (κ1) is 13.3. The minimum atomic E-state index is -0.0853. The highest BCUT2D eigenvalue weighted by Gasteiger charge is 2.15. The Morgan fingerprint density at radius 3 is 2.79 bits per heavy atom. The van der Waals surface area contributed by atoms with Crippen molar-refractivity contribution in [3.8, 4) is 0 Å². The van der Waals surface area contributed by atoms with Crippen molar-refractivity contribution >= 4 is 5.91 Å². The molecular formula is C13H19N5O. The first-order valence-corrected chi connectivity index (χ1v) is 6.38. The largest absolute Gasteiger partial charge is 0.345 e. The van der Waals surface area contributed by atoms with Crippen LogP contribution in [0.1, 0.15) is 36.5 Å². The molecule has 0 radical (unpaired) electrons. The Morgan fingerprint density at radius 1 is 1.47 bits per heavy atom. The van der Waals surface area contributed by atoms with E-state index in [-0.39, 0.29) is 18.5 Å². The number of hydrogen-bond acceptors (Lipinski definition) is 3. The van der Waals surface area contributed by atoms with Crippen LogP contribution in [0.4, 0.5) is 0 Å². The van der Waals surface area contributed by atoms with E-state index in [1.165, 1.54) is 0 Å². The van der Waals surface area contributed by atoms with Crippen molar-refractivity contribution in [2.75, 3.05) is 0 Å². The molecule has 6 heteroatoms. The van der Waals surface area contributed by atoms with Gasteiger partial charge in [-0.3, -0.25) is 9.48 Å². The van der Waals surface area contributed by atoms with Crippen molar-refractivity contribution in [2.45, 2.75) is 39.8 Å². The van der Waals surface area contributed by atoms with Gasteiger partial charge in [0.1, 0.15) is 12.4 Å². The molecule has 0 aliphatic carbocycles. The smallest absolute Gasteiger partial charge is 0.242 e. The van der Waals surface area contributed by atoms with Gasteiger partial charge in [0.05, 0.1) is 12.2 Å². The number of carbonyl (C=O) groups excluding carboxylic acids is 1. The predicted molar refractivity (Wildman–Crippen MR) is 71.5 cm³/mol. The van der Waals surface area contributed by atoms with E-state index < -0.39 is 0 Å². The van der Waals surface area contributed by atoms with E-state index in [4.69, 9.17) is 0 Å². The Hall–Kier alpha value is -2.11. The fourth-order valence-corrected chi connectivity index (χ4v) is 1.91. The lowest BCUT2D eigenvalue weighted by Gasteiger charge is -2.14. The molecule has 1 atom stereocenters. The van der Waals surface area contributed by atoms with Crippen molar-refractivity contribution in [1.82, 2.24) is 25.1 Å². The van der Waals surface area contributed by atoms with E-state index in [9.17, 15) is 4.79 Å². The second kappa shape index (κ2) is 5.69. The number of H-pyrrole nitrogens is 1. The first-order chi connectivity index (χ1) is 9.08. The van der Waals surface area contributed by atoms with Crippen LogP contribution in [0, 0.1) is 13.8 Å². The number of amides is 1. The number of aromatic amines is 1. The van der Waals surface area contributed by atoms with Crippen LogP contribution in [0.15, 0.2) is 18.6 Å². The quantitative estimate of drug-likeness (QED) is 0.856. The van der Waals surface area contributed by atoms with Crippen LogP contribution in [-0.2, 0) is 11.3 Å². The third kappa shape index (κ3) is 3.43. The van der Waals surface area contributed by atoms with E-state index in [1.54, 1.807) is 17.1 Å². The number of aryl methyl sites for hydroxylation is 2. The number of imidazole rings is 1. The van der Waals surface area contributed by atoms with Crippen molar-refractivity contribution in [1.29, 1.82) is 0 Å². The van der Waals surface area contributed by atoms with Gasteiger partial charge in [-0.25, -0.2) is 4.98 Å². The van der Waals surface area contributed by atoms with E-state index >= 15 is 0 Å². The number of rotatable bonds is 5. The van der Waals surface area contributed by atoms with Gasteiger partial charge in [0.2, 0.25) is 5.91 Å². The highest BCUT2D eigenvalue weighted by molar-refractivity contribution is 5.76. The number of nitrogens with zero attached hydrogens (tertiary/aromatic N) is 3. The number of carbonyl (C=O) groups is 1. The average Bonchev–Trinajstić information content (AvgIpc) is 2.95. The number of hydrogen-bond donors (Lipinski definition) is 2. The number of nitrogens with one attached hydrogen (secondary N) is 2. The minimum absolute atomic E-state index is 0.0657.